The lowest BCUT2D eigenvalue weighted by Crippen LogP contribution is -2.06. The van der Waals surface area contributed by atoms with E-state index in [-0.39, 0.29) is 61.3 Å². The molecule has 10 rings (SSSR count). The van der Waals surface area contributed by atoms with Crippen LogP contribution in [0.4, 0.5) is 0 Å². The molecule has 0 unspecified atom stereocenters. The lowest BCUT2D eigenvalue weighted by molar-refractivity contribution is 0.673. The molecule has 5 nitrogen and oxygen atoms in total. The van der Waals surface area contributed by atoms with Crippen molar-refractivity contribution in [3.8, 4) is 51.0 Å². The van der Waals surface area contributed by atoms with Crippen LogP contribution in [0.25, 0.3) is 94.7 Å². The van der Waals surface area contributed by atoms with E-state index >= 15 is 0 Å². The monoisotopic (exact) mass is 650 g/mol. The van der Waals surface area contributed by atoms with Gasteiger partial charge in [0.2, 0.25) is 5.95 Å². The molecule has 0 radical (unpaired) electrons. The van der Waals surface area contributed by atoms with Gasteiger partial charge in [0.05, 0.1) is 30.1 Å². The molecule has 7 aromatic carbocycles. The minimum Gasteiger partial charge on any atom is -0.455 e. The third-order valence-electron chi connectivity index (χ3n) is 8.75. The Morgan fingerprint density at radius 3 is 1.68 bits per heavy atom. The first-order valence-electron chi connectivity index (χ1n) is 20.9. The zero-order chi connectivity index (χ0) is 41.7. The summed E-state index contributed by atoms with van der Waals surface area (Å²) in [5, 5.41) is -0.265. The predicted octanol–water partition coefficient (Wildman–Crippen LogP) is 11.5. The SMILES string of the molecule is [2H]c1c([2H])c([2H])c2c(oc3c2c([2H])c([2H])c2c3c3c([2H])c([2H])c([2H])c([2H])c3n2-c2nc(-c3cccc(-c4ccccc4)c3)nc(-c3cccc(-c4ccccc4)c3)n2)c1[2H]. The van der Waals surface area contributed by atoms with Crippen LogP contribution in [-0.2, 0) is 0 Å². The quantitative estimate of drug-likeness (QED) is 0.186. The summed E-state index contributed by atoms with van der Waals surface area (Å²) >= 11 is 0. The van der Waals surface area contributed by atoms with Gasteiger partial charge < -0.3 is 4.42 Å². The van der Waals surface area contributed by atoms with Gasteiger partial charge in [-0.05, 0) is 58.6 Å². The fourth-order valence-electron chi connectivity index (χ4n) is 6.43. The molecule has 0 aliphatic heterocycles. The van der Waals surface area contributed by atoms with Crippen LogP contribution in [0.1, 0.15) is 13.7 Å². The van der Waals surface area contributed by atoms with Crippen LogP contribution < -0.4 is 0 Å². The highest BCUT2D eigenvalue weighted by molar-refractivity contribution is 6.23. The first-order chi connectivity index (χ1) is 28.9. The van der Waals surface area contributed by atoms with Crippen molar-refractivity contribution in [2.45, 2.75) is 0 Å². The number of para-hydroxylation sites is 2. The van der Waals surface area contributed by atoms with Crippen LogP contribution in [0, 0.1) is 0 Å². The standard InChI is InChI=1S/C45H28N4O/c1-3-13-29(14-4-1)31-17-11-19-33(27-31)43-46-44(34-20-12-18-32(28-34)30-15-5-2-6-16-30)48-45(47-43)49-38-23-9-7-22-37(38)41-39(49)26-25-36-35-21-8-10-24-40(35)50-42(36)41/h1-28H/i7D,8D,9D,10D,21D,22D,23D,24D,25D,26D. The molecule has 0 saturated heterocycles. The van der Waals surface area contributed by atoms with E-state index in [1.807, 2.05) is 109 Å². The second-order valence-corrected chi connectivity index (χ2v) is 11.7. The van der Waals surface area contributed by atoms with Crippen molar-refractivity contribution in [3.63, 3.8) is 0 Å². The number of hydrogen-bond donors (Lipinski definition) is 0. The summed E-state index contributed by atoms with van der Waals surface area (Å²) < 4.78 is 96.4. The number of nitrogens with zero attached hydrogens (tertiary/aromatic N) is 4. The zero-order valence-electron chi connectivity index (χ0n) is 36.1. The van der Waals surface area contributed by atoms with E-state index < -0.39 is 60.4 Å². The summed E-state index contributed by atoms with van der Waals surface area (Å²) in [6.07, 6.45) is 0. The van der Waals surface area contributed by atoms with Crippen LogP contribution in [0.2, 0.25) is 0 Å². The van der Waals surface area contributed by atoms with E-state index in [0.717, 1.165) is 22.3 Å². The smallest absolute Gasteiger partial charge is 0.238 e. The molecule has 0 bridgehead atoms. The highest BCUT2D eigenvalue weighted by Crippen LogP contribution is 2.40. The van der Waals surface area contributed by atoms with Crippen LogP contribution in [0.5, 0.6) is 0 Å². The Kier molecular flexibility index (Phi) is 4.52. The third kappa shape index (κ3) is 4.60. The highest BCUT2D eigenvalue weighted by Gasteiger charge is 2.21. The van der Waals surface area contributed by atoms with E-state index in [0.29, 0.717) is 11.1 Å². The Hall–Kier alpha value is -6.85. The maximum Gasteiger partial charge on any atom is 0.238 e. The van der Waals surface area contributed by atoms with Crippen molar-refractivity contribution in [2.75, 3.05) is 0 Å². The molecule has 3 heterocycles. The molecule has 0 spiro atoms. The zero-order valence-corrected chi connectivity index (χ0v) is 26.1. The van der Waals surface area contributed by atoms with Gasteiger partial charge in [-0.25, -0.2) is 4.98 Å². The van der Waals surface area contributed by atoms with E-state index in [2.05, 4.69) is 0 Å². The van der Waals surface area contributed by atoms with Gasteiger partial charge in [0.25, 0.3) is 0 Å². The molecule has 5 heteroatoms. The van der Waals surface area contributed by atoms with Gasteiger partial charge in [-0.1, -0.05) is 133 Å². The number of rotatable bonds is 5. The van der Waals surface area contributed by atoms with Gasteiger partial charge in [0.15, 0.2) is 11.6 Å². The summed E-state index contributed by atoms with van der Waals surface area (Å²) in [7, 11) is 0. The van der Waals surface area contributed by atoms with Gasteiger partial charge in [-0.3, -0.25) is 4.57 Å². The molecule has 0 saturated carbocycles. The number of hydrogen-bond acceptors (Lipinski definition) is 4. The summed E-state index contributed by atoms with van der Waals surface area (Å²) in [6.45, 7) is 0. The molecule has 0 amide bonds. The summed E-state index contributed by atoms with van der Waals surface area (Å²) in [4.78, 5) is 14.9. The minimum atomic E-state index is -0.561. The van der Waals surface area contributed by atoms with Gasteiger partial charge in [0, 0.05) is 27.3 Å². The molecule has 10 aromatic rings. The minimum absolute atomic E-state index is 0.00160. The van der Waals surface area contributed by atoms with Crippen molar-refractivity contribution in [2.24, 2.45) is 0 Å². The fraction of sp³-hybridized carbons (Fsp3) is 0. The van der Waals surface area contributed by atoms with Crippen molar-refractivity contribution in [3.05, 3.63) is 170 Å². The molecule has 0 fully saturated rings. The summed E-state index contributed by atoms with van der Waals surface area (Å²) in [6, 6.07) is 29.8. The van der Waals surface area contributed by atoms with Crippen molar-refractivity contribution in [1.82, 2.24) is 19.5 Å². The Bertz CT molecular complexity index is 3340. The lowest BCUT2D eigenvalue weighted by atomic mass is 10.0. The van der Waals surface area contributed by atoms with Crippen molar-refractivity contribution >= 4 is 43.7 Å². The van der Waals surface area contributed by atoms with Crippen LogP contribution in [0.3, 0.4) is 0 Å². The predicted molar refractivity (Wildman–Crippen MR) is 203 cm³/mol. The van der Waals surface area contributed by atoms with Crippen molar-refractivity contribution in [1.29, 1.82) is 0 Å². The molecular formula is C45H28N4O. The van der Waals surface area contributed by atoms with E-state index in [1.54, 1.807) is 0 Å². The number of furan rings is 1. The molecule has 0 aliphatic carbocycles. The largest absolute Gasteiger partial charge is 0.455 e. The number of benzene rings is 7. The fourth-order valence-corrected chi connectivity index (χ4v) is 6.43. The van der Waals surface area contributed by atoms with Gasteiger partial charge in [-0.2, -0.15) is 9.97 Å². The molecule has 3 aromatic heterocycles. The van der Waals surface area contributed by atoms with E-state index in [9.17, 15) is 5.48 Å². The van der Waals surface area contributed by atoms with Crippen LogP contribution >= 0.6 is 0 Å². The van der Waals surface area contributed by atoms with Gasteiger partial charge in [0.1, 0.15) is 11.2 Å². The van der Waals surface area contributed by atoms with Gasteiger partial charge in [-0.15, -0.1) is 0 Å². The maximum atomic E-state index is 9.53. The Morgan fingerprint density at radius 2 is 1.02 bits per heavy atom. The average molecular weight is 651 g/mol. The third-order valence-corrected chi connectivity index (χ3v) is 8.75. The first-order valence-corrected chi connectivity index (χ1v) is 15.9. The Balaban J connectivity index is 1.36. The Labute approximate surface area is 301 Å². The van der Waals surface area contributed by atoms with E-state index in [1.165, 1.54) is 4.57 Å². The highest BCUT2D eigenvalue weighted by atomic mass is 16.3. The van der Waals surface area contributed by atoms with Crippen LogP contribution in [0.15, 0.2) is 174 Å². The number of aromatic nitrogens is 4. The topological polar surface area (TPSA) is 56.7 Å². The number of fused-ring (bicyclic) bond motifs is 7. The molecule has 234 valence electrons. The maximum absolute atomic E-state index is 9.53. The summed E-state index contributed by atoms with van der Waals surface area (Å²) in [5.74, 6) is 0.336. The lowest BCUT2D eigenvalue weighted by Gasteiger charge is -2.12. The average Bonchev–Trinajstić information content (AvgIpc) is 3.87. The van der Waals surface area contributed by atoms with E-state index in [4.69, 9.17) is 27.6 Å². The second kappa shape index (κ2) is 11.4. The first kappa shape index (κ1) is 19.8. The van der Waals surface area contributed by atoms with Crippen LogP contribution in [-0.4, -0.2) is 19.5 Å². The molecule has 50 heavy (non-hydrogen) atoms. The molecule has 0 N–H and O–H groups in total. The van der Waals surface area contributed by atoms with Gasteiger partial charge >= 0.3 is 0 Å². The normalized spacial score (nSPS) is 14.4. The molecule has 0 aliphatic rings. The molecule has 0 atom stereocenters. The second-order valence-electron chi connectivity index (χ2n) is 11.7. The summed E-state index contributed by atoms with van der Waals surface area (Å²) in [5.41, 5.74) is 4.35. The molecular weight excluding hydrogens is 613 g/mol. The van der Waals surface area contributed by atoms with Crippen molar-refractivity contribution < 1.29 is 18.1 Å². The Morgan fingerprint density at radius 1 is 0.460 bits per heavy atom.